The number of methoxy groups -OCH3 is 1. The van der Waals surface area contributed by atoms with Crippen LogP contribution in [0, 0.1) is 5.82 Å². The van der Waals surface area contributed by atoms with Crippen molar-refractivity contribution in [2.24, 2.45) is 0 Å². The van der Waals surface area contributed by atoms with E-state index < -0.39 is 35.3 Å². The average Bonchev–Trinajstić information content (AvgIpc) is 3.14. The maximum atomic E-state index is 13.4. The number of amides is 1. The number of benzene rings is 3. The van der Waals surface area contributed by atoms with Crippen molar-refractivity contribution < 1.29 is 28.6 Å². The lowest BCUT2D eigenvalue weighted by Gasteiger charge is -2.26. The number of Topliss-reactive ketones (excluding diaryl/α,β-unsaturated/α-hetero) is 1. The first-order chi connectivity index (χ1) is 16.7. The Kier molecular flexibility index (Phi) is 6.38. The monoisotopic (exact) mass is 474 g/mol. The van der Waals surface area contributed by atoms with Crippen LogP contribution in [0.25, 0.3) is 5.76 Å². The molecule has 0 saturated carbocycles. The van der Waals surface area contributed by atoms with Gasteiger partial charge in [-0.3, -0.25) is 14.5 Å². The summed E-state index contributed by atoms with van der Waals surface area (Å²) in [5, 5.41) is 11.1. The molecule has 1 aliphatic rings. The fourth-order valence-corrected chi connectivity index (χ4v) is 4.01. The summed E-state index contributed by atoms with van der Waals surface area (Å²) < 4.78 is 18.2. The van der Waals surface area contributed by atoms with Crippen molar-refractivity contribution in [2.45, 2.75) is 6.04 Å². The number of carbonyl (C=O) groups is 3. The number of ether oxygens (including phenoxy) is 1. The Morgan fingerprint density at radius 3 is 2.03 bits per heavy atom. The fraction of sp³-hybridized carbons (Fsp3) is 0.148. The van der Waals surface area contributed by atoms with E-state index >= 15 is 0 Å². The van der Waals surface area contributed by atoms with Crippen molar-refractivity contribution in [3.05, 3.63) is 101 Å². The van der Waals surface area contributed by atoms with Crippen LogP contribution in [0.2, 0.25) is 0 Å². The second kappa shape index (κ2) is 9.42. The number of hydrogen-bond donors (Lipinski definition) is 1. The summed E-state index contributed by atoms with van der Waals surface area (Å²) in [7, 11) is 5.04. The van der Waals surface area contributed by atoms with Crippen LogP contribution in [-0.2, 0) is 14.3 Å². The third kappa shape index (κ3) is 4.38. The zero-order chi connectivity index (χ0) is 25.3. The van der Waals surface area contributed by atoms with Crippen molar-refractivity contribution in [3.8, 4) is 0 Å². The largest absolute Gasteiger partial charge is 0.507 e. The first-order valence-corrected chi connectivity index (χ1v) is 10.8. The van der Waals surface area contributed by atoms with Gasteiger partial charge in [-0.05, 0) is 66.2 Å². The summed E-state index contributed by atoms with van der Waals surface area (Å²) >= 11 is 0. The van der Waals surface area contributed by atoms with Crippen molar-refractivity contribution in [1.29, 1.82) is 0 Å². The molecule has 7 nitrogen and oxygen atoms in total. The second-order valence-corrected chi connectivity index (χ2v) is 8.20. The highest BCUT2D eigenvalue weighted by Gasteiger charge is 2.47. The highest BCUT2D eigenvalue weighted by molar-refractivity contribution is 6.51. The third-order valence-corrected chi connectivity index (χ3v) is 5.85. The molecule has 1 fully saturated rings. The van der Waals surface area contributed by atoms with Gasteiger partial charge in [0.05, 0.1) is 24.3 Å². The van der Waals surface area contributed by atoms with Crippen molar-refractivity contribution >= 4 is 34.8 Å². The number of aliphatic hydroxyl groups is 1. The van der Waals surface area contributed by atoms with Crippen molar-refractivity contribution in [2.75, 3.05) is 31.0 Å². The lowest BCUT2D eigenvalue weighted by molar-refractivity contribution is -0.132. The Labute approximate surface area is 201 Å². The SMILES string of the molecule is COC(=O)c1ccc(N2C(=O)C(=O)/C(=C(/O)c3ccc(F)cc3)C2c2ccc(N(C)C)cc2)cc1. The molecule has 0 aliphatic carbocycles. The molecule has 4 rings (SSSR count). The number of rotatable bonds is 5. The van der Waals surface area contributed by atoms with Gasteiger partial charge in [-0.1, -0.05) is 12.1 Å². The zero-order valence-corrected chi connectivity index (χ0v) is 19.4. The van der Waals surface area contributed by atoms with Gasteiger partial charge < -0.3 is 14.7 Å². The predicted molar refractivity (Wildman–Crippen MR) is 130 cm³/mol. The number of ketones is 1. The summed E-state index contributed by atoms with van der Waals surface area (Å²) in [4.78, 5) is 41.4. The van der Waals surface area contributed by atoms with Gasteiger partial charge in [0.1, 0.15) is 11.6 Å². The van der Waals surface area contributed by atoms with Gasteiger partial charge in [-0.2, -0.15) is 0 Å². The number of esters is 1. The van der Waals surface area contributed by atoms with E-state index in [1.54, 1.807) is 12.1 Å². The molecule has 3 aromatic carbocycles. The minimum atomic E-state index is -0.944. The van der Waals surface area contributed by atoms with Gasteiger partial charge in [-0.25, -0.2) is 9.18 Å². The van der Waals surface area contributed by atoms with Crippen LogP contribution < -0.4 is 9.80 Å². The standard InChI is InChI=1S/C27H23FN2O5/c1-29(2)20-12-6-16(7-13-20)23-22(24(31)17-4-10-19(28)11-5-17)25(32)26(33)30(23)21-14-8-18(9-15-21)27(34)35-3/h4-15,23,31H,1-3H3/b24-22+. The van der Waals surface area contributed by atoms with Gasteiger partial charge >= 0.3 is 5.97 Å². The minimum Gasteiger partial charge on any atom is -0.507 e. The number of aliphatic hydroxyl groups excluding tert-OH is 1. The summed E-state index contributed by atoms with van der Waals surface area (Å²) in [6.07, 6.45) is 0. The molecule has 1 heterocycles. The third-order valence-electron chi connectivity index (χ3n) is 5.85. The molecule has 1 saturated heterocycles. The summed E-state index contributed by atoms with van der Waals surface area (Å²) in [5.74, 6) is -3.14. The number of halogens is 1. The van der Waals surface area contributed by atoms with Crippen LogP contribution in [-0.4, -0.2) is 44.0 Å². The van der Waals surface area contributed by atoms with Crippen LogP contribution >= 0.6 is 0 Å². The summed E-state index contributed by atoms with van der Waals surface area (Å²) in [6.45, 7) is 0. The lowest BCUT2D eigenvalue weighted by Crippen LogP contribution is -2.29. The molecule has 1 unspecified atom stereocenters. The van der Waals surface area contributed by atoms with E-state index in [0.29, 0.717) is 11.3 Å². The van der Waals surface area contributed by atoms with E-state index in [1.165, 1.54) is 48.4 Å². The predicted octanol–water partition coefficient (Wildman–Crippen LogP) is 4.30. The van der Waals surface area contributed by atoms with Gasteiger partial charge in [0.15, 0.2) is 0 Å². The Hall–Kier alpha value is -4.46. The van der Waals surface area contributed by atoms with E-state index in [0.717, 1.165) is 17.8 Å². The van der Waals surface area contributed by atoms with E-state index in [4.69, 9.17) is 4.74 Å². The van der Waals surface area contributed by atoms with E-state index in [-0.39, 0.29) is 16.7 Å². The second-order valence-electron chi connectivity index (χ2n) is 8.20. The number of carbonyl (C=O) groups excluding carboxylic acids is 3. The van der Waals surface area contributed by atoms with Gasteiger partial charge in [0.2, 0.25) is 0 Å². The molecular weight excluding hydrogens is 451 g/mol. The topological polar surface area (TPSA) is 87.1 Å². The minimum absolute atomic E-state index is 0.115. The molecule has 1 aliphatic heterocycles. The Balaban J connectivity index is 1.88. The zero-order valence-electron chi connectivity index (χ0n) is 19.4. The smallest absolute Gasteiger partial charge is 0.337 e. The fourth-order valence-electron chi connectivity index (χ4n) is 4.01. The summed E-state index contributed by atoms with van der Waals surface area (Å²) in [6, 6.07) is 17.4. The first kappa shape index (κ1) is 23.7. The number of hydrogen-bond acceptors (Lipinski definition) is 6. The Morgan fingerprint density at radius 1 is 0.914 bits per heavy atom. The van der Waals surface area contributed by atoms with Crippen LogP contribution in [0.15, 0.2) is 78.4 Å². The van der Waals surface area contributed by atoms with Gasteiger partial charge in [0.25, 0.3) is 11.7 Å². The molecule has 8 heteroatoms. The van der Waals surface area contributed by atoms with Crippen LogP contribution in [0.4, 0.5) is 15.8 Å². The Bertz CT molecular complexity index is 1310. The molecule has 1 atom stereocenters. The molecule has 35 heavy (non-hydrogen) atoms. The quantitative estimate of drug-likeness (QED) is 0.257. The normalized spacial score (nSPS) is 16.9. The van der Waals surface area contributed by atoms with Crippen LogP contribution in [0.1, 0.15) is 27.5 Å². The maximum Gasteiger partial charge on any atom is 0.337 e. The summed E-state index contributed by atoms with van der Waals surface area (Å²) in [5.41, 5.74) is 2.24. The highest BCUT2D eigenvalue weighted by atomic mass is 19.1. The van der Waals surface area contributed by atoms with Crippen LogP contribution in [0.5, 0.6) is 0 Å². The molecule has 3 aromatic rings. The van der Waals surface area contributed by atoms with Crippen molar-refractivity contribution in [3.63, 3.8) is 0 Å². The molecule has 178 valence electrons. The molecule has 0 bridgehead atoms. The molecule has 0 aromatic heterocycles. The number of nitrogens with zero attached hydrogens (tertiary/aromatic N) is 2. The molecule has 1 N–H and O–H groups in total. The average molecular weight is 474 g/mol. The maximum absolute atomic E-state index is 13.4. The van der Waals surface area contributed by atoms with E-state index in [1.807, 2.05) is 31.1 Å². The van der Waals surface area contributed by atoms with Crippen molar-refractivity contribution in [1.82, 2.24) is 0 Å². The van der Waals surface area contributed by atoms with Gasteiger partial charge in [0, 0.05) is 31.0 Å². The van der Waals surface area contributed by atoms with E-state index in [2.05, 4.69) is 0 Å². The van der Waals surface area contributed by atoms with E-state index in [9.17, 15) is 23.9 Å². The van der Waals surface area contributed by atoms with Gasteiger partial charge in [-0.15, -0.1) is 0 Å². The first-order valence-electron chi connectivity index (χ1n) is 10.8. The molecular formula is C27H23FN2O5. The Morgan fingerprint density at radius 2 is 1.49 bits per heavy atom. The lowest BCUT2D eigenvalue weighted by atomic mass is 9.95. The molecule has 1 amide bonds. The molecule has 0 spiro atoms. The van der Waals surface area contributed by atoms with Crippen LogP contribution in [0.3, 0.4) is 0 Å². The highest BCUT2D eigenvalue weighted by Crippen LogP contribution is 2.42. The number of anilines is 2. The molecule has 0 radical (unpaired) electrons.